The highest BCUT2D eigenvalue weighted by molar-refractivity contribution is 9.09. The first-order valence-electron chi connectivity index (χ1n) is 4.14. The normalized spacial score (nSPS) is 10.0. The van der Waals surface area contributed by atoms with Crippen LogP contribution in [0, 0.1) is 6.92 Å². The summed E-state index contributed by atoms with van der Waals surface area (Å²) in [5.74, 6) is 0.0408. The highest BCUT2D eigenvalue weighted by atomic mass is 79.9. The predicted octanol–water partition coefficient (Wildman–Crippen LogP) is 2.57. The van der Waals surface area contributed by atoms with Gasteiger partial charge >= 0.3 is 0 Å². The first-order chi connectivity index (χ1) is 6.24. The molecule has 0 aliphatic carbocycles. The summed E-state index contributed by atoms with van der Waals surface area (Å²) in [6, 6.07) is 3.83. The van der Waals surface area contributed by atoms with Crippen molar-refractivity contribution in [3.8, 4) is 0 Å². The van der Waals surface area contributed by atoms with Gasteiger partial charge in [0.1, 0.15) is 0 Å². The summed E-state index contributed by atoms with van der Waals surface area (Å²) in [4.78, 5) is 13.4. The predicted molar refractivity (Wildman–Crippen MR) is 59.8 cm³/mol. The van der Waals surface area contributed by atoms with E-state index in [-0.39, 0.29) is 5.91 Å². The summed E-state index contributed by atoms with van der Waals surface area (Å²) >= 11 is 4.84. The Morgan fingerprint density at radius 3 is 2.92 bits per heavy atom. The molecule has 0 aliphatic heterocycles. The number of hydrogen-bond donors (Lipinski definition) is 1. The first kappa shape index (κ1) is 10.7. The molecule has 0 unspecified atom stereocenters. The van der Waals surface area contributed by atoms with Crippen molar-refractivity contribution in [2.24, 2.45) is 0 Å². The fourth-order valence-corrected chi connectivity index (χ4v) is 1.98. The second-order valence-electron chi connectivity index (χ2n) is 2.71. The minimum absolute atomic E-state index is 0.0408. The SMILES string of the molecule is Cc1ccc(C(=O)NCCCBr)s1. The van der Waals surface area contributed by atoms with E-state index in [4.69, 9.17) is 0 Å². The molecule has 1 amide bonds. The topological polar surface area (TPSA) is 29.1 Å². The number of alkyl halides is 1. The molecular weight excluding hydrogens is 250 g/mol. The number of halogens is 1. The lowest BCUT2D eigenvalue weighted by Crippen LogP contribution is -2.23. The van der Waals surface area contributed by atoms with Crippen molar-refractivity contribution in [1.29, 1.82) is 0 Å². The molecule has 0 saturated carbocycles. The molecule has 72 valence electrons. The van der Waals surface area contributed by atoms with E-state index in [2.05, 4.69) is 21.2 Å². The van der Waals surface area contributed by atoms with E-state index in [1.54, 1.807) is 0 Å². The molecule has 0 fully saturated rings. The van der Waals surface area contributed by atoms with Gasteiger partial charge in [0, 0.05) is 16.8 Å². The molecule has 1 N–H and O–H groups in total. The van der Waals surface area contributed by atoms with Crippen molar-refractivity contribution >= 4 is 33.2 Å². The number of hydrogen-bond acceptors (Lipinski definition) is 2. The van der Waals surface area contributed by atoms with Gasteiger partial charge in [0.2, 0.25) is 0 Å². The zero-order valence-corrected chi connectivity index (χ0v) is 9.87. The summed E-state index contributed by atoms with van der Waals surface area (Å²) in [6.07, 6.45) is 0.968. The van der Waals surface area contributed by atoms with Crippen LogP contribution >= 0.6 is 27.3 Å². The van der Waals surface area contributed by atoms with E-state index in [9.17, 15) is 4.79 Å². The van der Waals surface area contributed by atoms with Crippen molar-refractivity contribution in [3.05, 3.63) is 21.9 Å². The highest BCUT2D eigenvalue weighted by Crippen LogP contribution is 2.14. The van der Waals surface area contributed by atoms with Crippen LogP contribution in [0.3, 0.4) is 0 Å². The third-order valence-electron chi connectivity index (χ3n) is 1.56. The van der Waals surface area contributed by atoms with E-state index < -0.39 is 0 Å². The quantitative estimate of drug-likeness (QED) is 0.655. The molecule has 4 heteroatoms. The third kappa shape index (κ3) is 3.48. The van der Waals surface area contributed by atoms with Gasteiger partial charge in [0.15, 0.2) is 0 Å². The summed E-state index contributed by atoms with van der Waals surface area (Å²) in [7, 11) is 0. The molecule has 1 rings (SSSR count). The van der Waals surface area contributed by atoms with E-state index in [1.807, 2.05) is 19.1 Å². The molecule has 0 aliphatic rings. The average Bonchev–Trinajstić information content (AvgIpc) is 2.52. The summed E-state index contributed by atoms with van der Waals surface area (Å²) in [5.41, 5.74) is 0. The van der Waals surface area contributed by atoms with Crippen LogP contribution in [-0.2, 0) is 0 Å². The zero-order chi connectivity index (χ0) is 9.68. The average molecular weight is 262 g/mol. The molecule has 1 aromatic heterocycles. The minimum atomic E-state index is 0.0408. The van der Waals surface area contributed by atoms with Gasteiger partial charge in [0.05, 0.1) is 4.88 Å². The van der Waals surface area contributed by atoms with Crippen LogP contribution in [0.15, 0.2) is 12.1 Å². The molecule has 0 spiro atoms. The Bertz CT molecular complexity index is 285. The Morgan fingerprint density at radius 1 is 1.62 bits per heavy atom. The van der Waals surface area contributed by atoms with Crippen molar-refractivity contribution in [2.75, 3.05) is 11.9 Å². The number of nitrogens with one attached hydrogen (secondary N) is 1. The van der Waals surface area contributed by atoms with Crippen LogP contribution < -0.4 is 5.32 Å². The Kier molecular flexibility index (Phi) is 4.45. The lowest BCUT2D eigenvalue weighted by Gasteiger charge is -2.00. The molecule has 0 saturated heterocycles. The minimum Gasteiger partial charge on any atom is -0.351 e. The second-order valence-corrected chi connectivity index (χ2v) is 4.79. The first-order valence-corrected chi connectivity index (χ1v) is 6.08. The molecule has 0 aromatic carbocycles. The fourth-order valence-electron chi connectivity index (χ4n) is 0.912. The van der Waals surface area contributed by atoms with Crippen LogP contribution in [-0.4, -0.2) is 17.8 Å². The van der Waals surface area contributed by atoms with Crippen LogP contribution in [0.25, 0.3) is 0 Å². The smallest absolute Gasteiger partial charge is 0.261 e. The number of carbonyl (C=O) groups excluding carboxylic acids is 1. The van der Waals surface area contributed by atoms with Gasteiger partial charge in [-0.2, -0.15) is 0 Å². The molecule has 0 atom stereocenters. The number of rotatable bonds is 4. The third-order valence-corrected chi connectivity index (χ3v) is 3.12. The maximum atomic E-state index is 11.4. The van der Waals surface area contributed by atoms with Gasteiger partial charge in [0.25, 0.3) is 5.91 Å². The molecule has 0 bridgehead atoms. The van der Waals surface area contributed by atoms with Gasteiger partial charge in [-0.1, -0.05) is 15.9 Å². The van der Waals surface area contributed by atoms with Crippen molar-refractivity contribution in [1.82, 2.24) is 5.32 Å². The second kappa shape index (κ2) is 5.40. The summed E-state index contributed by atoms with van der Waals surface area (Å²) in [5, 5.41) is 3.78. The van der Waals surface area contributed by atoms with Crippen molar-refractivity contribution < 1.29 is 4.79 Å². The lowest BCUT2D eigenvalue weighted by molar-refractivity contribution is 0.0958. The molecule has 1 aromatic rings. The summed E-state index contributed by atoms with van der Waals surface area (Å²) in [6.45, 7) is 2.74. The van der Waals surface area contributed by atoms with Gasteiger partial charge in [-0.15, -0.1) is 11.3 Å². The largest absolute Gasteiger partial charge is 0.351 e. The van der Waals surface area contributed by atoms with E-state index in [0.29, 0.717) is 0 Å². The standard InChI is InChI=1S/C9H12BrNOS/c1-7-3-4-8(13-7)9(12)11-6-2-5-10/h3-4H,2,5-6H2,1H3,(H,11,12). The van der Waals surface area contributed by atoms with Crippen LogP contribution in [0.5, 0.6) is 0 Å². The van der Waals surface area contributed by atoms with Gasteiger partial charge in [-0.05, 0) is 25.5 Å². The maximum Gasteiger partial charge on any atom is 0.261 e. The number of thiophene rings is 1. The Hall–Kier alpha value is -0.350. The lowest BCUT2D eigenvalue weighted by atomic mass is 10.4. The van der Waals surface area contributed by atoms with Crippen molar-refractivity contribution in [2.45, 2.75) is 13.3 Å². The Balaban J connectivity index is 2.40. The van der Waals surface area contributed by atoms with E-state index in [0.717, 1.165) is 23.2 Å². The summed E-state index contributed by atoms with van der Waals surface area (Å²) < 4.78 is 0. The van der Waals surface area contributed by atoms with Crippen LogP contribution in [0.4, 0.5) is 0 Å². The molecule has 0 radical (unpaired) electrons. The van der Waals surface area contributed by atoms with E-state index >= 15 is 0 Å². The number of amides is 1. The monoisotopic (exact) mass is 261 g/mol. The number of carbonyl (C=O) groups is 1. The molecule has 13 heavy (non-hydrogen) atoms. The molecule has 2 nitrogen and oxygen atoms in total. The van der Waals surface area contributed by atoms with E-state index in [1.165, 1.54) is 16.2 Å². The van der Waals surface area contributed by atoms with Gasteiger partial charge in [-0.3, -0.25) is 4.79 Å². The van der Waals surface area contributed by atoms with Crippen LogP contribution in [0.1, 0.15) is 21.0 Å². The Labute approximate surface area is 90.5 Å². The number of aryl methyl sites for hydroxylation is 1. The van der Waals surface area contributed by atoms with Crippen molar-refractivity contribution in [3.63, 3.8) is 0 Å². The zero-order valence-electron chi connectivity index (χ0n) is 7.47. The van der Waals surface area contributed by atoms with Crippen LogP contribution in [0.2, 0.25) is 0 Å². The fraction of sp³-hybridized carbons (Fsp3) is 0.444. The molecule has 1 heterocycles. The maximum absolute atomic E-state index is 11.4. The molecular formula is C9H12BrNOS. The highest BCUT2D eigenvalue weighted by Gasteiger charge is 2.05. The van der Waals surface area contributed by atoms with Gasteiger partial charge < -0.3 is 5.32 Å². The Morgan fingerprint density at radius 2 is 2.38 bits per heavy atom. The van der Waals surface area contributed by atoms with Gasteiger partial charge in [-0.25, -0.2) is 0 Å².